The van der Waals surface area contributed by atoms with E-state index in [9.17, 15) is 14.7 Å². The molecule has 0 amide bonds. The van der Waals surface area contributed by atoms with Crippen LogP contribution >= 0.6 is 11.8 Å². The van der Waals surface area contributed by atoms with E-state index in [-0.39, 0.29) is 18.1 Å². The number of hydrogen-bond acceptors (Lipinski definition) is 4. The van der Waals surface area contributed by atoms with Crippen molar-refractivity contribution in [2.75, 3.05) is 5.75 Å². The third-order valence-corrected chi connectivity index (χ3v) is 6.23. The van der Waals surface area contributed by atoms with E-state index in [1.54, 1.807) is 0 Å². The summed E-state index contributed by atoms with van der Waals surface area (Å²) in [6, 6.07) is 0. The van der Waals surface area contributed by atoms with Gasteiger partial charge in [-0.25, -0.2) is 0 Å². The van der Waals surface area contributed by atoms with Crippen LogP contribution in [-0.4, -0.2) is 44.4 Å². The molecule has 27 heavy (non-hydrogen) atoms. The first-order valence-electron chi connectivity index (χ1n) is 10.7. The number of carboxylic acids is 2. The lowest BCUT2D eigenvalue weighted by atomic mass is 10.0. The largest absolute Gasteiger partial charge is 0.481 e. The molecule has 0 aliphatic rings. The van der Waals surface area contributed by atoms with Crippen LogP contribution in [0.25, 0.3) is 0 Å². The Morgan fingerprint density at radius 3 is 1.81 bits per heavy atom. The molecule has 0 saturated heterocycles. The van der Waals surface area contributed by atoms with Crippen LogP contribution in [0.1, 0.15) is 103 Å². The molecule has 0 aromatic carbocycles. The molecule has 0 bridgehead atoms. The fourth-order valence-electron chi connectivity index (χ4n) is 3.16. The van der Waals surface area contributed by atoms with Gasteiger partial charge in [0.15, 0.2) is 0 Å². The summed E-state index contributed by atoms with van der Waals surface area (Å²) >= 11 is 1.52. The van der Waals surface area contributed by atoms with Crippen molar-refractivity contribution in [2.45, 2.75) is 115 Å². The summed E-state index contributed by atoms with van der Waals surface area (Å²) in [5, 5.41) is 28.0. The number of aliphatic carboxylic acids is 2. The van der Waals surface area contributed by atoms with Crippen molar-refractivity contribution in [3.8, 4) is 0 Å². The van der Waals surface area contributed by atoms with E-state index in [2.05, 4.69) is 6.92 Å². The van der Waals surface area contributed by atoms with Gasteiger partial charge in [-0.15, -0.1) is 0 Å². The average Bonchev–Trinajstić information content (AvgIpc) is 2.61. The van der Waals surface area contributed by atoms with Gasteiger partial charge >= 0.3 is 11.9 Å². The van der Waals surface area contributed by atoms with E-state index < -0.39 is 18.0 Å². The van der Waals surface area contributed by atoms with Gasteiger partial charge in [0, 0.05) is 17.4 Å². The molecule has 0 aliphatic carbocycles. The normalized spacial score (nSPS) is 13.4. The quantitative estimate of drug-likeness (QED) is 0.232. The monoisotopic (exact) mass is 404 g/mol. The molecule has 0 saturated carbocycles. The molecule has 6 heteroatoms. The Balaban J connectivity index is 3.96. The van der Waals surface area contributed by atoms with Gasteiger partial charge in [-0.1, -0.05) is 71.1 Å². The molecule has 0 radical (unpaired) electrons. The van der Waals surface area contributed by atoms with Gasteiger partial charge < -0.3 is 15.3 Å². The highest BCUT2D eigenvalue weighted by atomic mass is 32.2. The maximum absolute atomic E-state index is 10.7. The van der Waals surface area contributed by atoms with Gasteiger partial charge in [-0.05, 0) is 19.3 Å². The lowest BCUT2D eigenvalue weighted by molar-refractivity contribution is -0.137. The fourth-order valence-corrected chi connectivity index (χ4v) is 4.44. The highest BCUT2D eigenvalue weighted by Crippen LogP contribution is 2.25. The topological polar surface area (TPSA) is 94.8 Å². The van der Waals surface area contributed by atoms with Crippen molar-refractivity contribution in [1.29, 1.82) is 0 Å². The van der Waals surface area contributed by atoms with Gasteiger partial charge in [0.2, 0.25) is 0 Å². The maximum atomic E-state index is 10.7. The molecule has 3 N–H and O–H groups in total. The highest BCUT2D eigenvalue weighted by Gasteiger charge is 2.19. The molecule has 0 spiro atoms. The lowest BCUT2D eigenvalue weighted by Gasteiger charge is -2.22. The van der Waals surface area contributed by atoms with E-state index in [1.165, 1.54) is 56.7 Å². The molecule has 0 heterocycles. The van der Waals surface area contributed by atoms with Crippen molar-refractivity contribution >= 4 is 23.7 Å². The minimum atomic E-state index is -0.819. The number of thioether (sulfide) groups is 1. The minimum absolute atomic E-state index is 0.00666. The Morgan fingerprint density at radius 2 is 1.26 bits per heavy atom. The summed E-state index contributed by atoms with van der Waals surface area (Å²) in [6.07, 6.45) is 13.9. The number of rotatable bonds is 20. The van der Waals surface area contributed by atoms with E-state index in [0.29, 0.717) is 12.2 Å². The Labute approximate surface area is 169 Å². The Bertz CT molecular complexity index is 376. The second-order valence-corrected chi connectivity index (χ2v) is 8.72. The Hall–Kier alpha value is -0.750. The van der Waals surface area contributed by atoms with Gasteiger partial charge in [0.25, 0.3) is 0 Å². The molecule has 2 atom stereocenters. The van der Waals surface area contributed by atoms with Crippen LogP contribution in [0.5, 0.6) is 0 Å². The zero-order valence-corrected chi connectivity index (χ0v) is 17.9. The highest BCUT2D eigenvalue weighted by molar-refractivity contribution is 7.99. The predicted octanol–water partition coefficient (Wildman–Crippen LogP) is 5.49. The lowest BCUT2D eigenvalue weighted by Crippen LogP contribution is -2.24. The van der Waals surface area contributed by atoms with Crippen LogP contribution in [0.4, 0.5) is 0 Å². The second kappa shape index (κ2) is 18.6. The predicted molar refractivity (Wildman–Crippen MR) is 112 cm³/mol. The second-order valence-electron chi connectivity index (χ2n) is 7.38. The van der Waals surface area contributed by atoms with Crippen molar-refractivity contribution in [1.82, 2.24) is 0 Å². The van der Waals surface area contributed by atoms with Crippen LogP contribution in [0.15, 0.2) is 0 Å². The summed E-state index contributed by atoms with van der Waals surface area (Å²) in [5.41, 5.74) is 0. The van der Waals surface area contributed by atoms with E-state index in [1.807, 2.05) is 0 Å². The Kier molecular flexibility index (Phi) is 18.1. The molecule has 5 nitrogen and oxygen atoms in total. The number of hydrogen-bond donors (Lipinski definition) is 3. The number of carbonyl (C=O) groups is 2. The molecular formula is C21H40O5S. The van der Waals surface area contributed by atoms with Crippen LogP contribution in [-0.2, 0) is 9.59 Å². The molecule has 0 rings (SSSR count). The summed E-state index contributed by atoms with van der Waals surface area (Å²) in [4.78, 5) is 21.3. The number of aliphatic hydroxyl groups excluding tert-OH is 1. The van der Waals surface area contributed by atoms with Gasteiger partial charge in [0.1, 0.15) is 0 Å². The van der Waals surface area contributed by atoms with Crippen molar-refractivity contribution < 1.29 is 24.9 Å². The van der Waals surface area contributed by atoms with E-state index in [0.717, 1.165) is 32.1 Å². The minimum Gasteiger partial charge on any atom is -0.481 e. The molecular weight excluding hydrogens is 364 g/mol. The molecule has 2 unspecified atom stereocenters. The van der Waals surface area contributed by atoms with Gasteiger partial charge in [0.05, 0.1) is 12.5 Å². The zero-order valence-electron chi connectivity index (χ0n) is 17.0. The summed E-state index contributed by atoms with van der Waals surface area (Å²) in [6.45, 7) is 2.23. The number of unbranched alkanes of at least 4 members (excludes halogenated alkanes) is 9. The maximum Gasteiger partial charge on any atom is 0.304 e. The van der Waals surface area contributed by atoms with Crippen LogP contribution in [0.3, 0.4) is 0 Å². The van der Waals surface area contributed by atoms with Gasteiger partial charge in [-0.2, -0.15) is 11.8 Å². The molecule has 160 valence electrons. The summed E-state index contributed by atoms with van der Waals surface area (Å²) < 4.78 is 0. The summed E-state index contributed by atoms with van der Waals surface area (Å²) in [5.74, 6) is -1.12. The third kappa shape index (κ3) is 18.4. The van der Waals surface area contributed by atoms with Crippen molar-refractivity contribution in [2.24, 2.45) is 0 Å². The van der Waals surface area contributed by atoms with E-state index >= 15 is 0 Å². The SMILES string of the molecule is CCCCCCCCCCCC(O)C(CCCCC(=O)O)SCCC(=O)O. The van der Waals surface area contributed by atoms with E-state index in [4.69, 9.17) is 10.2 Å². The molecule has 0 aromatic heterocycles. The van der Waals surface area contributed by atoms with Crippen molar-refractivity contribution in [3.63, 3.8) is 0 Å². The van der Waals surface area contributed by atoms with Crippen molar-refractivity contribution in [3.05, 3.63) is 0 Å². The molecule has 0 fully saturated rings. The molecule has 0 aromatic rings. The molecule has 0 aliphatic heterocycles. The zero-order chi connectivity index (χ0) is 20.3. The van der Waals surface area contributed by atoms with Gasteiger partial charge in [-0.3, -0.25) is 9.59 Å². The summed E-state index contributed by atoms with van der Waals surface area (Å²) in [7, 11) is 0. The number of carboxylic acid groups (broad SMARTS) is 2. The fraction of sp³-hybridized carbons (Fsp3) is 0.905. The first kappa shape index (κ1) is 26.2. The average molecular weight is 405 g/mol. The van der Waals surface area contributed by atoms with Crippen LogP contribution < -0.4 is 0 Å². The Morgan fingerprint density at radius 1 is 0.741 bits per heavy atom. The first-order valence-corrected chi connectivity index (χ1v) is 11.8. The first-order chi connectivity index (χ1) is 13.0. The standard InChI is InChI=1S/C21H40O5S/c1-2-3-4-5-6-7-8-9-10-13-18(22)19(27-17-16-21(25)26)14-11-12-15-20(23)24/h18-19,22H,2-17H2,1H3,(H,23,24)(H,25,26). The number of aliphatic hydroxyl groups is 1. The third-order valence-electron chi connectivity index (χ3n) is 4.81. The van der Waals surface area contributed by atoms with Crippen LogP contribution in [0, 0.1) is 0 Å². The van der Waals surface area contributed by atoms with Crippen LogP contribution in [0.2, 0.25) is 0 Å². The smallest absolute Gasteiger partial charge is 0.304 e.